The molecule has 4 rings (SSSR count). The molecule has 0 aliphatic rings. The Morgan fingerprint density at radius 1 is 0.829 bits per heavy atom. The van der Waals surface area contributed by atoms with Crippen molar-refractivity contribution in [3.05, 3.63) is 90.0 Å². The van der Waals surface area contributed by atoms with Gasteiger partial charge in [-0.1, -0.05) is 48.5 Å². The summed E-state index contributed by atoms with van der Waals surface area (Å²) >= 11 is 0. The van der Waals surface area contributed by atoms with Crippen LogP contribution in [0.1, 0.15) is 22.8 Å². The molecule has 10 heteroatoms. The van der Waals surface area contributed by atoms with Crippen molar-refractivity contribution in [1.29, 1.82) is 0 Å². The van der Waals surface area contributed by atoms with Gasteiger partial charge in [0.05, 0.1) is 26.0 Å². The van der Waals surface area contributed by atoms with Crippen LogP contribution in [-0.4, -0.2) is 41.1 Å². The second-order valence-electron chi connectivity index (χ2n) is 8.91. The lowest BCUT2D eigenvalue weighted by atomic mass is 9.92. The van der Waals surface area contributed by atoms with E-state index < -0.39 is 16.1 Å². The van der Waals surface area contributed by atoms with Crippen LogP contribution in [0.4, 0.5) is 0 Å². The van der Waals surface area contributed by atoms with Crippen LogP contribution in [0.15, 0.2) is 78.9 Å². The fourth-order valence-electron chi connectivity index (χ4n) is 4.28. The molecule has 0 aliphatic heterocycles. The quantitative estimate of drug-likeness (QED) is 0.0961. The third-order valence-electron chi connectivity index (χ3n) is 5.96. The molecule has 0 aromatic heterocycles. The van der Waals surface area contributed by atoms with E-state index in [0.717, 1.165) is 11.8 Å². The zero-order valence-corrected chi connectivity index (χ0v) is 23.7. The molecule has 9 nitrogen and oxygen atoms in total. The van der Waals surface area contributed by atoms with Gasteiger partial charge in [-0.05, 0) is 47.0 Å². The normalized spacial score (nSPS) is 10.9. The predicted octanol–water partition coefficient (Wildman–Crippen LogP) is 5.69. The molecule has 4 aromatic carbocycles. The molecule has 0 amide bonds. The van der Waals surface area contributed by atoms with E-state index >= 15 is 0 Å². The highest BCUT2D eigenvalue weighted by Crippen LogP contribution is 2.46. The summed E-state index contributed by atoms with van der Waals surface area (Å²) in [7, 11) is -1.00. The Labute approximate surface area is 238 Å². The molecule has 0 atom stereocenters. The van der Waals surface area contributed by atoms with Crippen molar-refractivity contribution < 1.29 is 41.1 Å². The minimum absolute atomic E-state index is 0.0280. The summed E-state index contributed by atoms with van der Waals surface area (Å²) in [6.45, 7) is 1.50. The molecule has 0 fully saturated rings. The molecule has 41 heavy (non-hydrogen) atoms. The van der Waals surface area contributed by atoms with Gasteiger partial charge in [0.25, 0.3) is 0 Å². The van der Waals surface area contributed by atoms with Gasteiger partial charge in [0.1, 0.15) is 23.9 Å². The Kier molecular flexibility index (Phi) is 8.94. The van der Waals surface area contributed by atoms with Gasteiger partial charge in [-0.25, -0.2) is 0 Å². The van der Waals surface area contributed by atoms with Gasteiger partial charge in [0.2, 0.25) is 0 Å². The second-order valence-corrected chi connectivity index (χ2v) is 10.5. The van der Waals surface area contributed by atoms with Crippen LogP contribution in [0.5, 0.6) is 28.7 Å². The van der Waals surface area contributed by atoms with E-state index in [1.54, 1.807) is 42.5 Å². The molecule has 0 saturated heterocycles. The van der Waals surface area contributed by atoms with Gasteiger partial charge in [-0.3, -0.25) is 9.59 Å². The summed E-state index contributed by atoms with van der Waals surface area (Å²) in [5.74, 6) is 0.685. The van der Waals surface area contributed by atoms with Crippen molar-refractivity contribution in [1.82, 2.24) is 0 Å². The van der Waals surface area contributed by atoms with Crippen molar-refractivity contribution in [2.24, 2.45) is 0 Å². The molecule has 0 N–H and O–H groups in total. The lowest BCUT2D eigenvalue weighted by Crippen LogP contribution is -2.08. The number of aldehydes is 1. The SMILES string of the molecule is COc1cc(-c2ccc(OCc3ccccc3)c(OS(C)(=O)=O)c2)c(OC)c(C=O)c1-c1ccc(OC(C)=O)cc1. The van der Waals surface area contributed by atoms with Gasteiger partial charge in [0, 0.05) is 18.1 Å². The molecular weight excluding hydrogens is 548 g/mol. The van der Waals surface area contributed by atoms with E-state index in [4.69, 9.17) is 23.1 Å². The molecule has 0 saturated carbocycles. The average Bonchev–Trinajstić information content (AvgIpc) is 2.95. The number of benzene rings is 4. The number of esters is 1. The average molecular weight is 577 g/mol. The number of ether oxygens (including phenoxy) is 4. The Morgan fingerprint density at radius 2 is 1.51 bits per heavy atom. The molecule has 0 radical (unpaired) electrons. The Bertz CT molecular complexity index is 1660. The predicted molar refractivity (Wildman–Crippen MR) is 153 cm³/mol. The van der Waals surface area contributed by atoms with Crippen LogP contribution in [0.2, 0.25) is 0 Å². The molecule has 4 aromatic rings. The third kappa shape index (κ3) is 7.03. The summed E-state index contributed by atoms with van der Waals surface area (Å²) in [6.07, 6.45) is 1.60. The maximum absolute atomic E-state index is 12.4. The largest absolute Gasteiger partial charge is 0.496 e. The summed E-state index contributed by atoms with van der Waals surface area (Å²) in [5, 5.41) is 0. The third-order valence-corrected chi connectivity index (χ3v) is 6.44. The molecule has 0 unspecified atom stereocenters. The first-order valence-electron chi connectivity index (χ1n) is 12.4. The highest BCUT2D eigenvalue weighted by atomic mass is 32.2. The summed E-state index contributed by atoms with van der Waals surface area (Å²) in [4.78, 5) is 23.7. The van der Waals surface area contributed by atoms with Crippen molar-refractivity contribution in [3.63, 3.8) is 0 Å². The Morgan fingerprint density at radius 3 is 2.10 bits per heavy atom. The van der Waals surface area contributed by atoms with Gasteiger partial charge >= 0.3 is 16.1 Å². The second kappa shape index (κ2) is 12.6. The number of methoxy groups -OCH3 is 2. The van der Waals surface area contributed by atoms with E-state index in [-0.39, 0.29) is 29.4 Å². The molecule has 212 valence electrons. The lowest BCUT2D eigenvalue weighted by molar-refractivity contribution is -0.131. The maximum atomic E-state index is 12.4. The molecular formula is C31H28O9S. The van der Waals surface area contributed by atoms with E-state index in [0.29, 0.717) is 40.0 Å². The number of carbonyl (C=O) groups is 2. The smallest absolute Gasteiger partial charge is 0.308 e. The summed E-state index contributed by atoms with van der Waals surface area (Å²) in [6, 6.07) is 22.5. The van der Waals surface area contributed by atoms with Crippen LogP contribution in [0, 0.1) is 0 Å². The number of hydrogen-bond donors (Lipinski definition) is 0. The minimum atomic E-state index is -3.90. The van der Waals surface area contributed by atoms with Gasteiger partial charge < -0.3 is 23.1 Å². The highest BCUT2D eigenvalue weighted by Gasteiger charge is 2.23. The van der Waals surface area contributed by atoms with E-state index in [2.05, 4.69) is 0 Å². The van der Waals surface area contributed by atoms with Crippen LogP contribution in [-0.2, 0) is 21.5 Å². The maximum Gasteiger partial charge on any atom is 0.308 e. The van der Waals surface area contributed by atoms with Crippen molar-refractivity contribution >= 4 is 22.4 Å². The van der Waals surface area contributed by atoms with Crippen LogP contribution in [0.3, 0.4) is 0 Å². The van der Waals surface area contributed by atoms with E-state index in [1.807, 2.05) is 30.3 Å². The lowest BCUT2D eigenvalue weighted by Gasteiger charge is -2.19. The van der Waals surface area contributed by atoms with Crippen LogP contribution in [0.25, 0.3) is 22.3 Å². The van der Waals surface area contributed by atoms with Crippen molar-refractivity contribution in [3.8, 4) is 51.0 Å². The Balaban J connectivity index is 1.82. The molecule has 0 spiro atoms. The van der Waals surface area contributed by atoms with E-state index in [1.165, 1.54) is 27.2 Å². The van der Waals surface area contributed by atoms with Crippen LogP contribution >= 0.6 is 0 Å². The van der Waals surface area contributed by atoms with Gasteiger partial charge in [-0.2, -0.15) is 8.42 Å². The first-order valence-corrected chi connectivity index (χ1v) is 14.2. The summed E-state index contributed by atoms with van der Waals surface area (Å²) in [5.41, 5.74) is 3.13. The zero-order valence-electron chi connectivity index (χ0n) is 22.9. The minimum Gasteiger partial charge on any atom is -0.496 e. The standard InChI is InChI=1S/C31H28O9S/c1-20(33)39-24-13-10-22(11-14-24)30-26(18-32)31(37-3)25(17-29(30)36-2)23-12-15-27(28(16-23)40-41(4,34)35)38-19-21-8-6-5-7-9-21/h5-18H,19H2,1-4H3. The van der Waals surface area contributed by atoms with Gasteiger partial charge in [-0.15, -0.1) is 0 Å². The highest BCUT2D eigenvalue weighted by molar-refractivity contribution is 7.86. The molecule has 0 aliphatic carbocycles. The number of hydrogen-bond acceptors (Lipinski definition) is 9. The fraction of sp³-hybridized carbons (Fsp3) is 0.161. The number of rotatable bonds is 11. The topological polar surface area (TPSA) is 114 Å². The molecule has 0 heterocycles. The first-order chi connectivity index (χ1) is 19.6. The summed E-state index contributed by atoms with van der Waals surface area (Å²) < 4.78 is 51.8. The molecule has 0 bridgehead atoms. The zero-order chi connectivity index (χ0) is 29.6. The fourth-order valence-corrected chi connectivity index (χ4v) is 4.74. The first kappa shape index (κ1) is 29.2. The van der Waals surface area contributed by atoms with Crippen LogP contribution < -0.4 is 23.1 Å². The Hall–Kier alpha value is -4.83. The van der Waals surface area contributed by atoms with Gasteiger partial charge in [0.15, 0.2) is 17.8 Å². The van der Waals surface area contributed by atoms with Crippen molar-refractivity contribution in [2.45, 2.75) is 13.5 Å². The monoisotopic (exact) mass is 576 g/mol. The van der Waals surface area contributed by atoms with E-state index in [9.17, 15) is 18.0 Å². The van der Waals surface area contributed by atoms with Crippen molar-refractivity contribution in [2.75, 3.05) is 20.5 Å². The number of carbonyl (C=O) groups excluding carboxylic acids is 2.